The van der Waals surface area contributed by atoms with Crippen molar-refractivity contribution in [2.75, 3.05) is 12.0 Å². The van der Waals surface area contributed by atoms with Gasteiger partial charge in [0.25, 0.3) is 17.5 Å². The van der Waals surface area contributed by atoms with Gasteiger partial charge in [0, 0.05) is 23.9 Å². The van der Waals surface area contributed by atoms with Crippen LogP contribution >= 0.6 is 0 Å². The third kappa shape index (κ3) is 2.73. The third-order valence-electron chi connectivity index (χ3n) is 5.11. The van der Waals surface area contributed by atoms with E-state index in [2.05, 4.69) is 15.2 Å². The lowest BCUT2D eigenvalue weighted by Crippen LogP contribution is -2.29. The summed E-state index contributed by atoms with van der Waals surface area (Å²) in [4.78, 5) is 42.0. The zero-order valence-corrected chi connectivity index (χ0v) is 16.0. The Bertz CT molecular complexity index is 1390. The fourth-order valence-corrected chi connectivity index (χ4v) is 3.64. The Labute approximate surface area is 174 Å². The Morgan fingerprint density at radius 3 is 2.58 bits per heavy atom. The van der Waals surface area contributed by atoms with E-state index in [4.69, 9.17) is 4.74 Å². The predicted molar refractivity (Wildman–Crippen MR) is 110 cm³/mol. The fraction of sp³-hybridized carbons (Fsp3) is 0.0476. The number of nitrogens with one attached hydrogen (secondary N) is 1. The van der Waals surface area contributed by atoms with Gasteiger partial charge < -0.3 is 4.74 Å². The molecular formula is C21H13N5O5. The van der Waals surface area contributed by atoms with Crippen molar-refractivity contribution in [2.24, 2.45) is 0 Å². The maximum Gasteiger partial charge on any atom is 0.271 e. The van der Waals surface area contributed by atoms with Gasteiger partial charge in [-0.2, -0.15) is 5.10 Å². The summed E-state index contributed by atoms with van der Waals surface area (Å²) in [5.41, 5.74) is 1.70. The average Bonchev–Trinajstić information content (AvgIpc) is 3.32. The molecule has 3 heterocycles. The average molecular weight is 415 g/mol. The van der Waals surface area contributed by atoms with Crippen LogP contribution in [0.4, 0.5) is 11.4 Å². The minimum absolute atomic E-state index is 0.111. The van der Waals surface area contributed by atoms with E-state index < -0.39 is 16.7 Å². The molecule has 4 aromatic rings. The zero-order chi connectivity index (χ0) is 21.7. The molecule has 2 amide bonds. The lowest BCUT2D eigenvalue weighted by molar-refractivity contribution is -0.384. The number of carbonyl (C=O) groups excluding carboxylic acids is 2. The highest BCUT2D eigenvalue weighted by Crippen LogP contribution is 2.37. The third-order valence-corrected chi connectivity index (χ3v) is 5.11. The number of nitro groups is 1. The van der Waals surface area contributed by atoms with E-state index in [9.17, 15) is 19.7 Å². The van der Waals surface area contributed by atoms with Gasteiger partial charge in [-0.1, -0.05) is 6.07 Å². The molecule has 0 bridgehead atoms. The number of aromatic amines is 1. The van der Waals surface area contributed by atoms with Crippen molar-refractivity contribution in [1.82, 2.24) is 15.2 Å². The number of fused-ring (bicyclic) bond motifs is 3. The Morgan fingerprint density at radius 1 is 1.10 bits per heavy atom. The van der Waals surface area contributed by atoms with E-state index in [0.717, 1.165) is 10.5 Å². The number of methoxy groups -OCH3 is 1. The number of benzene rings is 2. The molecule has 152 valence electrons. The van der Waals surface area contributed by atoms with Gasteiger partial charge in [-0.05, 0) is 30.3 Å². The second-order valence-corrected chi connectivity index (χ2v) is 6.80. The monoisotopic (exact) mass is 415 g/mol. The Balaban J connectivity index is 1.67. The number of amides is 2. The molecule has 0 saturated carbocycles. The quantitative estimate of drug-likeness (QED) is 0.307. The van der Waals surface area contributed by atoms with Gasteiger partial charge >= 0.3 is 0 Å². The molecule has 2 aromatic heterocycles. The van der Waals surface area contributed by atoms with Crippen LogP contribution in [0.25, 0.3) is 22.3 Å². The van der Waals surface area contributed by atoms with E-state index in [0.29, 0.717) is 16.8 Å². The number of non-ortho nitro benzene ring substituents is 1. The number of imide groups is 1. The van der Waals surface area contributed by atoms with E-state index >= 15 is 0 Å². The zero-order valence-electron chi connectivity index (χ0n) is 16.0. The van der Waals surface area contributed by atoms with Crippen molar-refractivity contribution in [3.63, 3.8) is 0 Å². The van der Waals surface area contributed by atoms with E-state index in [-0.39, 0.29) is 28.1 Å². The number of hydrogen-bond donors (Lipinski definition) is 1. The number of H-pyrrole nitrogens is 1. The van der Waals surface area contributed by atoms with Gasteiger partial charge in [0.1, 0.15) is 5.75 Å². The topological polar surface area (TPSA) is 131 Å². The largest absolute Gasteiger partial charge is 0.497 e. The first-order valence-corrected chi connectivity index (χ1v) is 9.14. The minimum atomic E-state index is -0.600. The maximum atomic E-state index is 13.3. The highest BCUT2D eigenvalue weighted by molar-refractivity contribution is 6.38. The van der Waals surface area contributed by atoms with Gasteiger partial charge in [-0.15, -0.1) is 0 Å². The van der Waals surface area contributed by atoms with Gasteiger partial charge in [0.15, 0.2) is 5.65 Å². The Kier molecular flexibility index (Phi) is 4.00. The van der Waals surface area contributed by atoms with Crippen LogP contribution in [0.5, 0.6) is 5.75 Å². The molecule has 1 N–H and O–H groups in total. The van der Waals surface area contributed by atoms with Crippen LogP contribution in [0.2, 0.25) is 0 Å². The summed E-state index contributed by atoms with van der Waals surface area (Å²) in [6, 6.07) is 12.5. The van der Waals surface area contributed by atoms with Crippen LogP contribution in [-0.4, -0.2) is 39.0 Å². The highest BCUT2D eigenvalue weighted by Gasteiger charge is 2.40. The molecule has 1 aliphatic heterocycles. The van der Waals surface area contributed by atoms with Crippen molar-refractivity contribution in [3.05, 3.63) is 76.0 Å². The fourth-order valence-electron chi connectivity index (χ4n) is 3.64. The maximum absolute atomic E-state index is 13.3. The van der Waals surface area contributed by atoms with Crippen LogP contribution in [0.3, 0.4) is 0 Å². The number of pyridine rings is 1. The van der Waals surface area contributed by atoms with E-state index in [1.54, 1.807) is 31.4 Å². The number of aromatic nitrogens is 3. The smallest absolute Gasteiger partial charge is 0.271 e. The first kappa shape index (κ1) is 18.4. The van der Waals surface area contributed by atoms with Crippen LogP contribution < -0.4 is 9.64 Å². The Morgan fingerprint density at radius 2 is 1.87 bits per heavy atom. The van der Waals surface area contributed by atoms with Gasteiger partial charge in [-0.25, -0.2) is 9.88 Å². The molecule has 1 aliphatic rings. The van der Waals surface area contributed by atoms with Crippen molar-refractivity contribution >= 4 is 34.2 Å². The number of nitro benzene ring substituents is 1. The van der Waals surface area contributed by atoms with Crippen LogP contribution in [0.1, 0.15) is 20.7 Å². The molecule has 0 saturated heterocycles. The first-order valence-electron chi connectivity index (χ1n) is 9.14. The normalized spacial score (nSPS) is 13.0. The molecule has 0 atom stereocenters. The van der Waals surface area contributed by atoms with Crippen molar-refractivity contribution in [1.29, 1.82) is 0 Å². The molecule has 5 rings (SSSR count). The molecular weight excluding hydrogens is 402 g/mol. The van der Waals surface area contributed by atoms with Crippen molar-refractivity contribution < 1.29 is 19.2 Å². The molecule has 10 nitrogen and oxygen atoms in total. The molecule has 0 spiro atoms. The summed E-state index contributed by atoms with van der Waals surface area (Å²) in [6.45, 7) is 0. The van der Waals surface area contributed by atoms with Crippen molar-refractivity contribution in [2.45, 2.75) is 0 Å². The number of nitrogens with zero attached hydrogens (tertiary/aromatic N) is 4. The molecule has 2 aromatic carbocycles. The summed E-state index contributed by atoms with van der Waals surface area (Å²) in [6.07, 6.45) is 1.30. The summed E-state index contributed by atoms with van der Waals surface area (Å²) in [5, 5.41) is 18.6. The number of carbonyl (C=O) groups is 2. The van der Waals surface area contributed by atoms with E-state index in [1.807, 2.05) is 0 Å². The van der Waals surface area contributed by atoms with Crippen molar-refractivity contribution in [3.8, 4) is 17.0 Å². The molecule has 0 radical (unpaired) electrons. The molecule has 10 heteroatoms. The van der Waals surface area contributed by atoms with Gasteiger partial charge in [-0.3, -0.25) is 24.8 Å². The first-order chi connectivity index (χ1) is 15.0. The number of rotatable bonds is 4. The standard InChI is InChI=1S/C21H13N5O5/c1-31-14-7-5-11(6-8-14)18-17-16-15(10-22-19(17)24-23-18)20(27)25(21(16)28)12-3-2-4-13(9-12)26(29)30/h2-10H,1H3,(H,22,23,24). The van der Waals surface area contributed by atoms with Crippen LogP contribution in [-0.2, 0) is 0 Å². The molecule has 31 heavy (non-hydrogen) atoms. The highest BCUT2D eigenvalue weighted by atomic mass is 16.6. The summed E-state index contributed by atoms with van der Waals surface area (Å²) in [5.74, 6) is -0.528. The lowest BCUT2D eigenvalue weighted by atomic mass is 10.0. The summed E-state index contributed by atoms with van der Waals surface area (Å²) in [7, 11) is 1.56. The summed E-state index contributed by atoms with van der Waals surface area (Å²) < 4.78 is 5.18. The number of hydrogen-bond acceptors (Lipinski definition) is 7. The predicted octanol–water partition coefficient (Wildman–Crippen LogP) is 3.34. The minimum Gasteiger partial charge on any atom is -0.497 e. The second kappa shape index (κ2) is 6.73. The second-order valence-electron chi connectivity index (χ2n) is 6.80. The number of anilines is 1. The summed E-state index contributed by atoms with van der Waals surface area (Å²) >= 11 is 0. The lowest BCUT2D eigenvalue weighted by Gasteiger charge is -2.13. The van der Waals surface area contributed by atoms with Gasteiger partial charge in [0.2, 0.25) is 0 Å². The van der Waals surface area contributed by atoms with Crippen LogP contribution in [0.15, 0.2) is 54.7 Å². The Hall–Kier alpha value is -4.60. The SMILES string of the molecule is COc1ccc(-c2[nH]nc3ncc4c(c23)C(=O)N(c2cccc([N+](=O)[O-])c2)C4=O)cc1. The van der Waals surface area contributed by atoms with Crippen LogP contribution in [0, 0.1) is 10.1 Å². The number of ether oxygens (including phenoxy) is 1. The molecule has 0 fully saturated rings. The van der Waals surface area contributed by atoms with Gasteiger partial charge in [0.05, 0.1) is 39.9 Å². The molecule has 0 unspecified atom stereocenters. The molecule has 0 aliphatic carbocycles. The van der Waals surface area contributed by atoms with E-state index in [1.165, 1.54) is 30.5 Å².